The molecule has 0 aliphatic rings. The van der Waals surface area contributed by atoms with E-state index in [0.29, 0.717) is 18.9 Å². The molecule has 0 atom stereocenters. The lowest BCUT2D eigenvalue weighted by Crippen LogP contribution is -2.30. The Hall–Kier alpha value is -2.52. The van der Waals surface area contributed by atoms with Gasteiger partial charge in [-0.2, -0.15) is 4.80 Å². The van der Waals surface area contributed by atoms with Crippen LogP contribution >= 0.6 is 12.4 Å². The molecule has 0 saturated carbocycles. The number of nitrogens with one attached hydrogen (secondary N) is 1. The Bertz CT molecular complexity index is 704. The van der Waals surface area contributed by atoms with E-state index < -0.39 is 5.97 Å². The number of carbonyl (C=O) groups excluding carboxylic acids is 1. The molecular weight excluding hydrogens is 360 g/mol. The number of carbonyl (C=O) groups is 2. The highest BCUT2D eigenvalue weighted by Crippen LogP contribution is 2.14. The topological polar surface area (TPSA) is 136 Å². The number of hydrogen-bond donors (Lipinski definition) is 3. The molecular formula is C16H23ClN6O3. The summed E-state index contributed by atoms with van der Waals surface area (Å²) in [6.07, 6.45) is 3.84. The molecule has 0 unspecified atom stereocenters. The first-order valence-electron chi connectivity index (χ1n) is 8.18. The molecule has 1 amide bonds. The second-order valence-electron chi connectivity index (χ2n) is 5.56. The lowest BCUT2D eigenvalue weighted by molar-refractivity contribution is -0.119. The van der Waals surface area contributed by atoms with Crippen LogP contribution in [0, 0.1) is 0 Å². The number of nitrogens with zero attached hydrogens (tertiary/aromatic N) is 4. The first-order valence-corrected chi connectivity index (χ1v) is 8.18. The molecule has 0 saturated heterocycles. The zero-order chi connectivity index (χ0) is 18.1. The minimum absolute atomic E-state index is 0. The zero-order valence-electron chi connectivity index (χ0n) is 14.3. The van der Waals surface area contributed by atoms with Gasteiger partial charge in [-0.25, -0.2) is 4.79 Å². The van der Waals surface area contributed by atoms with Gasteiger partial charge in [-0.15, -0.1) is 22.6 Å². The number of aryl methyl sites for hydroxylation is 1. The number of carboxylic acids is 1. The highest BCUT2D eigenvalue weighted by atomic mass is 35.5. The van der Waals surface area contributed by atoms with Gasteiger partial charge >= 0.3 is 5.97 Å². The molecule has 2 aromatic rings. The molecule has 4 N–H and O–H groups in total. The molecule has 1 aromatic heterocycles. The van der Waals surface area contributed by atoms with E-state index in [1.807, 2.05) is 0 Å². The first-order chi connectivity index (χ1) is 12.1. The van der Waals surface area contributed by atoms with Crippen molar-refractivity contribution in [3.63, 3.8) is 0 Å². The number of unbranched alkanes of at least 4 members (excludes halogenated alkanes) is 3. The van der Waals surface area contributed by atoms with Crippen LogP contribution in [0.25, 0.3) is 11.4 Å². The third kappa shape index (κ3) is 6.77. The normalized spacial score (nSPS) is 10.2. The number of rotatable bonds is 10. The monoisotopic (exact) mass is 382 g/mol. The number of tetrazole rings is 1. The number of aromatic carboxylic acids is 1. The Morgan fingerprint density at radius 3 is 2.46 bits per heavy atom. The molecule has 0 aliphatic carbocycles. The Balaban J connectivity index is 0.00000338. The summed E-state index contributed by atoms with van der Waals surface area (Å²) >= 11 is 0. The minimum Gasteiger partial charge on any atom is -0.478 e. The van der Waals surface area contributed by atoms with Crippen molar-refractivity contribution in [3.8, 4) is 11.4 Å². The van der Waals surface area contributed by atoms with Gasteiger partial charge in [0.2, 0.25) is 11.7 Å². The van der Waals surface area contributed by atoms with Crippen LogP contribution in [-0.4, -0.2) is 50.3 Å². The van der Waals surface area contributed by atoms with Crippen molar-refractivity contribution in [2.24, 2.45) is 5.73 Å². The molecule has 142 valence electrons. The molecule has 26 heavy (non-hydrogen) atoms. The molecule has 0 aliphatic heterocycles. The number of halogens is 1. The van der Waals surface area contributed by atoms with Crippen molar-refractivity contribution in [1.82, 2.24) is 25.5 Å². The highest BCUT2D eigenvalue weighted by Gasteiger charge is 2.08. The average molecular weight is 383 g/mol. The number of hydrogen-bond acceptors (Lipinski definition) is 6. The van der Waals surface area contributed by atoms with E-state index in [-0.39, 0.29) is 30.4 Å². The van der Waals surface area contributed by atoms with Crippen molar-refractivity contribution in [2.45, 2.75) is 32.2 Å². The van der Waals surface area contributed by atoms with Gasteiger partial charge in [0.05, 0.1) is 18.7 Å². The highest BCUT2D eigenvalue weighted by molar-refractivity contribution is 5.88. The smallest absolute Gasteiger partial charge is 0.335 e. The Morgan fingerprint density at radius 2 is 1.81 bits per heavy atom. The summed E-state index contributed by atoms with van der Waals surface area (Å²) in [7, 11) is 0. The summed E-state index contributed by atoms with van der Waals surface area (Å²) in [4.78, 5) is 23.3. The fraction of sp³-hybridized carbons (Fsp3) is 0.438. The van der Waals surface area contributed by atoms with Gasteiger partial charge in [0.25, 0.3) is 0 Å². The van der Waals surface area contributed by atoms with Crippen molar-refractivity contribution in [2.75, 3.05) is 13.1 Å². The maximum Gasteiger partial charge on any atom is 0.335 e. The van der Waals surface area contributed by atoms with Gasteiger partial charge in [-0.1, -0.05) is 25.0 Å². The van der Waals surface area contributed by atoms with Crippen LogP contribution in [-0.2, 0) is 11.3 Å². The van der Waals surface area contributed by atoms with Crippen LogP contribution < -0.4 is 11.1 Å². The van der Waals surface area contributed by atoms with Crippen molar-refractivity contribution >= 4 is 24.3 Å². The number of aromatic nitrogens is 4. The third-order valence-electron chi connectivity index (χ3n) is 3.64. The van der Waals surface area contributed by atoms with Crippen LogP contribution in [0.5, 0.6) is 0 Å². The SMILES string of the molecule is Cl.NCC(=O)NCCCCCCn1nnc(-c2ccc(C(=O)O)cc2)n1. The zero-order valence-corrected chi connectivity index (χ0v) is 15.1. The molecule has 2 rings (SSSR count). The van der Waals surface area contributed by atoms with Crippen LogP contribution in [0.4, 0.5) is 0 Å². The Labute approximate surface area is 157 Å². The van der Waals surface area contributed by atoms with E-state index >= 15 is 0 Å². The van der Waals surface area contributed by atoms with Crippen LogP contribution in [0.2, 0.25) is 0 Å². The van der Waals surface area contributed by atoms with Gasteiger partial charge in [-0.05, 0) is 30.2 Å². The summed E-state index contributed by atoms with van der Waals surface area (Å²) < 4.78 is 0. The fourth-order valence-electron chi connectivity index (χ4n) is 2.25. The van der Waals surface area contributed by atoms with E-state index in [9.17, 15) is 9.59 Å². The number of nitrogens with two attached hydrogens (primary N) is 1. The average Bonchev–Trinajstić information content (AvgIpc) is 3.09. The van der Waals surface area contributed by atoms with E-state index in [1.54, 1.807) is 12.1 Å². The van der Waals surface area contributed by atoms with Crippen LogP contribution in [0.1, 0.15) is 36.0 Å². The Morgan fingerprint density at radius 1 is 1.12 bits per heavy atom. The largest absolute Gasteiger partial charge is 0.478 e. The summed E-state index contributed by atoms with van der Waals surface area (Å²) in [5.41, 5.74) is 6.15. The van der Waals surface area contributed by atoms with E-state index in [0.717, 1.165) is 31.2 Å². The van der Waals surface area contributed by atoms with Gasteiger partial charge in [0.1, 0.15) is 0 Å². The van der Waals surface area contributed by atoms with Crippen molar-refractivity contribution in [1.29, 1.82) is 0 Å². The fourth-order valence-corrected chi connectivity index (χ4v) is 2.25. The minimum atomic E-state index is -0.967. The second-order valence-corrected chi connectivity index (χ2v) is 5.56. The molecule has 1 aromatic carbocycles. The van der Waals surface area contributed by atoms with Crippen LogP contribution in [0.15, 0.2) is 24.3 Å². The third-order valence-corrected chi connectivity index (χ3v) is 3.64. The standard InChI is InChI=1S/C16H22N6O3.ClH/c17-11-14(23)18-9-3-1-2-4-10-22-20-15(19-21-22)12-5-7-13(8-6-12)16(24)25;/h5-8H,1-4,9-11,17H2,(H,18,23)(H,24,25);1H. The predicted molar refractivity (Wildman–Crippen MR) is 98.0 cm³/mol. The molecule has 0 spiro atoms. The number of benzene rings is 1. The summed E-state index contributed by atoms with van der Waals surface area (Å²) in [5.74, 6) is -0.622. The first kappa shape index (κ1) is 21.5. The summed E-state index contributed by atoms with van der Waals surface area (Å²) in [6.45, 7) is 1.34. The van der Waals surface area contributed by atoms with E-state index in [1.165, 1.54) is 16.9 Å². The quantitative estimate of drug-likeness (QED) is 0.523. The molecule has 10 heteroatoms. The van der Waals surface area contributed by atoms with E-state index in [4.69, 9.17) is 10.8 Å². The van der Waals surface area contributed by atoms with Crippen molar-refractivity contribution < 1.29 is 14.7 Å². The van der Waals surface area contributed by atoms with Gasteiger partial charge in [0.15, 0.2) is 0 Å². The number of amides is 1. The second kappa shape index (κ2) is 11.2. The van der Waals surface area contributed by atoms with E-state index in [2.05, 4.69) is 20.7 Å². The maximum atomic E-state index is 11.0. The number of carboxylic acid groups (broad SMARTS) is 1. The molecule has 0 bridgehead atoms. The molecule has 0 fully saturated rings. The molecule has 0 radical (unpaired) electrons. The van der Waals surface area contributed by atoms with Gasteiger partial charge in [0, 0.05) is 12.1 Å². The summed E-state index contributed by atoms with van der Waals surface area (Å²) in [5, 5.41) is 23.9. The maximum absolute atomic E-state index is 11.0. The van der Waals surface area contributed by atoms with Crippen molar-refractivity contribution in [3.05, 3.63) is 29.8 Å². The van der Waals surface area contributed by atoms with Gasteiger partial charge < -0.3 is 16.2 Å². The predicted octanol–water partition coefficient (Wildman–Crippen LogP) is 1.10. The van der Waals surface area contributed by atoms with Crippen LogP contribution in [0.3, 0.4) is 0 Å². The molecule has 1 heterocycles. The lowest BCUT2D eigenvalue weighted by atomic mass is 10.1. The summed E-state index contributed by atoms with van der Waals surface area (Å²) in [6, 6.07) is 6.37. The Kier molecular flexibility index (Phi) is 9.24. The molecule has 9 nitrogen and oxygen atoms in total. The lowest BCUT2D eigenvalue weighted by Gasteiger charge is -2.03. The van der Waals surface area contributed by atoms with Gasteiger partial charge in [-0.3, -0.25) is 4.79 Å².